The van der Waals surface area contributed by atoms with Gasteiger partial charge in [0.25, 0.3) is 5.91 Å². The number of aliphatic carboxylic acids is 1. The van der Waals surface area contributed by atoms with Gasteiger partial charge in [-0.15, -0.1) is 0 Å². The Hall–Kier alpha value is -3.40. The minimum atomic E-state index is -5.19. The molecule has 10 heteroatoms. The van der Waals surface area contributed by atoms with Crippen molar-refractivity contribution in [2.45, 2.75) is 53.3 Å². The molecule has 3 rings (SSSR count). The highest BCUT2D eigenvalue weighted by Crippen LogP contribution is 2.29. The summed E-state index contributed by atoms with van der Waals surface area (Å²) in [5.74, 6) is -2.78. The van der Waals surface area contributed by atoms with E-state index in [9.17, 15) is 22.8 Å². The first kappa shape index (κ1) is 31.8. The molecule has 2 atom stereocenters. The van der Waals surface area contributed by atoms with E-state index in [0.29, 0.717) is 17.6 Å². The molecule has 2 unspecified atom stereocenters. The molecule has 2 amide bonds. The van der Waals surface area contributed by atoms with Gasteiger partial charge < -0.3 is 24.6 Å². The van der Waals surface area contributed by atoms with Crippen LogP contribution in [0.2, 0.25) is 0 Å². The molecule has 0 aliphatic carbocycles. The first-order valence-electron chi connectivity index (χ1n) is 13.1. The number of anilines is 1. The van der Waals surface area contributed by atoms with Crippen LogP contribution in [0.4, 0.5) is 18.9 Å². The minimum Gasteiger partial charge on any atom is -0.542 e. The molecule has 1 heterocycles. The number of halogens is 3. The average Bonchev–Trinajstić information content (AvgIpc) is 2.87. The maximum Gasteiger partial charge on any atom is 0.430 e. The largest absolute Gasteiger partial charge is 0.542 e. The van der Waals surface area contributed by atoms with Crippen molar-refractivity contribution < 1.29 is 37.1 Å². The molecule has 1 saturated heterocycles. The average molecular weight is 550 g/mol. The lowest BCUT2D eigenvalue weighted by Gasteiger charge is -2.44. The zero-order valence-corrected chi connectivity index (χ0v) is 23.0. The number of likely N-dealkylation sites (tertiary alicyclic amines) is 1. The van der Waals surface area contributed by atoms with Crippen LogP contribution >= 0.6 is 0 Å². The Bertz CT molecular complexity index is 1100. The summed E-state index contributed by atoms with van der Waals surface area (Å²) in [7, 11) is 0. The topological polar surface area (TPSA) is 89.5 Å². The predicted molar refractivity (Wildman–Crippen MR) is 141 cm³/mol. The van der Waals surface area contributed by atoms with Crippen LogP contribution in [-0.4, -0.2) is 66.1 Å². The smallest absolute Gasteiger partial charge is 0.430 e. The second-order valence-corrected chi connectivity index (χ2v) is 10.00. The van der Waals surface area contributed by atoms with Gasteiger partial charge in [0.05, 0.1) is 19.0 Å². The summed E-state index contributed by atoms with van der Waals surface area (Å²) < 4.78 is 32.2. The molecule has 0 saturated carbocycles. The van der Waals surface area contributed by atoms with Gasteiger partial charge in [0.15, 0.2) is 6.54 Å². The number of quaternary nitrogens is 1. The van der Waals surface area contributed by atoms with E-state index in [2.05, 4.69) is 17.4 Å². The van der Waals surface area contributed by atoms with E-state index in [1.54, 1.807) is 0 Å². The number of carbonyl (C=O) groups excluding carboxylic acids is 3. The van der Waals surface area contributed by atoms with Gasteiger partial charge in [0, 0.05) is 24.3 Å². The van der Waals surface area contributed by atoms with Gasteiger partial charge >= 0.3 is 6.18 Å². The zero-order chi connectivity index (χ0) is 29.2. The molecule has 0 bridgehead atoms. The van der Waals surface area contributed by atoms with Gasteiger partial charge in [0.2, 0.25) is 5.91 Å². The summed E-state index contributed by atoms with van der Waals surface area (Å²) in [6.45, 7) is 12.4. The fourth-order valence-corrected chi connectivity index (χ4v) is 5.13. The third-order valence-electron chi connectivity index (χ3n) is 7.03. The number of aryl methyl sites for hydroxylation is 2. The first-order chi connectivity index (χ1) is 18.3. The zero-order valence-electron chi connectivity index (χ0n) is 23.0. The Labute approximate surface area is 228 Å². The van der Waals surface area contributed by atoms with Crippen molar-refractivity contribution in [2.75, 3.05) is 38.0 Å². The van der Waals surface area contributed by atoms with Crippen LogP contribution in [0.15, 0.2) is 48.5 Å². The van der Waals surface area contributed by atoms with E-state index in [0.717, 1.165) is 55.8 Å². The van der Waals surface area contributed by atoms with Crippen molar-refractivity contribution in [3.63, 3.8) is 0 Å². The second-order valence-electron chi connectivity index (χ2n) is 10.00. The van der Waals surface area contributed by atoms with Gasteiger partial charge in [-0.25, -0.2) is 0 Å². The Morgan fingerprint density at radius 2 is 1.56 bits per heavy atom. The lowest BCUT2D eigenvalue weighted by atomic mass is 9.93. The molecule has 1 fully saturated rings. The lowest BCUT2D eigenvalue weighted by Crippen LogP contribution is -2.59. The third kappa shape index (κ3) is 9.38. The number of carbonyl (C=O) groups is 3. The van der Waals surface area contributed by atoms with Crippen LogP contribution in [0, 0.1) is 19.8 Å². The molecule has 1 aliphatic heterocycles. The molecule has 2 aromatic rings. The Morgan fingerprint density at radius 3 is 2.08 bits per heavy atom. The molecule has 1 N–H and O–H groups in total. The number of nitrogens with one attached hydrogen (secondary N) is 1. The van der Waals surface area contributed by atoms with Gasteiger partial charge in [-0.1, -0.05) is 48.5 Å². The number of carboxylic acid groups (broad SMARTS) is 1. The van der Waals surface area contributed by atoms with Crippen LogP contribution in [-0.2, 0) is 20.9 Å². The number of rotatable bonds is 8. The van der Waals surface area contributed by atoms with Crippen molar-refractivity contribution in [3.8, 4) is 0 Å². The number of alkyl halides is 3. The third-order valence-corrected chi connectivity index (χ3v) is 7.03. The fraction of sp³-hybridized carbons (Fsp3) is 0.483. The number of para-hydroxylation sites is 1. The highest BCUT2D eigenvalue weighted by atomic mass is 19.4. The highest BCUT2D eigenvalue weighted by Gasteiger charge is 2.41. The first-order valence-corrected chi connectivity index (χ1v) is 13.1. The van der Waals surface area contributed by atoms with Gasteiger partial charge in [0.1, 0.15) is 12.5 Å². The normalized spacial score (nSPS) is 18.9. The van der Waals surface area contributed by atoms with Crippen molar-refractivity contribution in [1.82, 2.24) is 4.90 Å². The molecule has 214 valence electrons. The van der Waals surface area contributed by atoms with Gasteiger partial charge in [-0.05, 0) is 51.7 Å². The maximum absolute atomic E-state index is 13.3. The number of nitrogens with zero attached hydrogens (tertiary/aromatic N) is 2. The number of amides is 2. The van der Waals surface area contributed by atoms with Gasteiger partial charge in [-0.3, -0.25) is 9.59 Å². The standard InChI is InChI=1S/C27H37N3O2.C2HF3O2/c1-5-29(6-2)27(32)24-16-11-17-30(19-24,18-23-14-8-7-9-15-23)20-25(31)28-26-21(3)12-10-13-22(26)4;3-2(4,5)1(6)7/h7-10,12-15,24H,5-6,11,16-20H2,1-4H3;(H,6,7). The Morgan fingerprint density at radius 1 is 1.00 bits per heavy atom. The summed E-state index contributed by atoms with van der Waals surface area (Å²) in [6, 6.07) is 16.4. The number of carboxylic acids is 1. The van der Waals surface area contributed by atoms with E-state index in [-0.39, 0.29) is 17.7 Å². The molecule has 2 aromatic carbocycles. The predicted octanol–water partition coefficient (Wildman–Crippen LogP) is 3.84. The molecule has 0 radical (unpaired) electrons. The summed E-state index contributed by atoms with van der Waals surface area (Å²) >= 11 is 0. The number of benzene rings is 2. The SMILES string of the molecule is CCN(CC)C(=O)C1CCC[N+](CC(=O)Nc2c(C)cccc2C)(Cc2ccccc2)C1.O=C([O-])C(F)(F)F. The van der Waals surface area contributed by atoms with Crippen molar-refractivity contribution in [3.05, 3.63) is 65.2 Å². The van der Waals surface area contributed by atoms with Crippen LogP contribution < -0.4 is 10.4 Å². The highest BCUT2D eigenvalue weighted by molar-refractivity contribution is 5.93. The van der Waals surface area contributed by atoms with E-state index < -0.39 is 12.1 Å². The van der Waals surface area contributed by atoms with Crippen molar-refractivity contribution in [2.24, 2.45) is 5.92 Å². The van der Waals surface area contributed by atoms with E-state index >= 15 is 0 Å². The minimum absolute atomic E-state index is 0.0225. The molecular weight excluding hydrogens is 511 g/mol. The molecule has 1 aliphatic rings. The second kappa shape index (κ2) is 14.1. The van der Waals surface area contributed by atoms with Crippen LogP contribution in [0.5, 0.6) is 0 Å². The fourth-order valence-electron chi connectivity index (χ4n) is 5.13. The maximum atomic E-state index is 13.3. The van der Waals surface area contributed by atoms with Crippen LogP contribution in [0.3, 0.4) is 0 Å². The molecule has 7 nitrogen and oxygen atoms in total. The number of hydrogen-bond donors (Lipinski definition) is 1. The lowest BCUT2D eigenvalue weighted by molar-refractivity contribution is -0.940. The van der Waals surface area contributed by atoms with E-state index in [4.69, 9.17) is 9.90 Å². The van der Waals surface area contributed by atoms with Crippen LogP contribution in [0.1, 0.15) is 43.4 Å². The summed E-state index contributed by atoms with van der Waals surface area (Å²) in [4.78, 5) is 37.2. The van der Waals surface area contributed by atoms with Gasteiger partial charge in [-0.2, -0.15) is 13.2 Å². The molecule has 0 spiro atoms. The molecular formula is C29H38F3N3O4. The summed E-state index contributed by atoms with van der Waals surface area (Å²) in [6.07, 6.45) is -3.33. The Kier molecular flexibility index (Phi) is 11.5. The summed E-state index contributed by atoms with van der Waals surface area (Å²) in [5, 5.41) is 12.0. The summed E-state index contributed by atoms with van der Waals surface area (Å²) in [5.41, 5.74) is 4.26. The molecule has 0 aromatic heterocycles. The quantitative estimate of drug-likeness (QED) is 0.507. The Balaban J connectivity index is 0.000000673. The van der Waals surface area contributed by atoms with Crippen LogP contribution in [0.25, 0.3) is 0 Å². The number of hydrogen-bond acceptors (Lipinski definition) is 4. The molecule has 39 heavy (non-hydrogen) atoms. The van der Waals surface area contributed by atoms with Crippen molar-refractivity contribution in [1.29, 1.82) is 0 Å². The van der Waals surface area contributed by atoms with E-state index in [1.165, 1.54) is 5.56 Å². The monoisotopic (exact) mass is 549 g/mol. The van der Waals surface area contributed by atoms with E-state index in [1.807, 2.05) is 69.0 Å². The number of piperidine rings is 1. The van der Waals surface area contributed by atoms with Crippen molar-refractivity contribution >= 4 is 23.5 Å².